The molecule has 0 aliphatic heterocycles. The van der Waals surface area contributed by atoms with Gasteiger partial charge in [-0.1, -0.05) is 12.1 Å². The minimum Gasteiger partial charge on any atom is -0.493 e. The van der Waals surface area contributed by atoms with Gasteiger partial charge in [-0.2, -0.15) is 22.0 Å². The third-order valence-electron chi connectivity index (χ3n) is 3.29. The highest BCUT2D eigenvalue weighted by molar-refractivity contribution is 6.02. The fourth-order valence-corrected chi connectivity index (χ4v) is 2.11. The molecule has 0 saturated heterocycles. The van der Waals surface area contributed by atoms with E-state index in [4.69, 9.17) is 4.74 Å². The molecule has 0 radical (unpaired) electrons. The van der Waals surface area contributed by atoms with Crippen LogP contribution in [0.1, 0.15) is 11.1 Å². The average Bonchev–Trinajstić information content (AvgIpc) is 2.60. The van der Waals surface area contributed by atoms with E-state index in [1.165, 1.54) is 43.5 Å². The molecule has 0 fully saturated rings. The number of amides is 1. The van der Waals surface area contributed by atoms with E-state index in [0.717, 1.165) is 18.2 Å². The minimum atomic E-state index is -4.52. The molecule has 4 nitrogen and oxygen atoms in total. The van der Waals surface area contributed by atoms with Crippen molar-refractivity contribution in [3.63, 3.8) is 0 Å². The Bertz CT molecular complexity index is 834. The first-order valence-electron chi connectivity index (χ1n) is 7.48. The van der Waals surface area contributed by atoms with E-state index in [9.17, 15) is 26.7 Å². The zero-order chi connectivity index (χ0) is 20.0. The number of hydrogen-bond donors (Lipinski definition) is 1. The van der Waals surface area contributed by atoms with Crippen LogP contribution < -0.4 is 14.8 Å². The Morgan fingerprint density at radius 2 is 1.85 bits per heavy atom. The van der Waals surface area contributed by atoms with Crippen LogP contribution in [-0.4, -0.2) is 19.6 Å². The number of carbonyl (C=O) groups excluding carboxylic acids is 1. The summed E-state index contributed by atoms with van der Waals surface area (Å²) in [7, 11) is 1.27. The van der Waals surface area contributed by atoms with Crippen molar-refractivity contribution in [1.29, 1.82) is 0 Å². The van der Waals surface area contributed by atoms with E-state index in [0.29, 0.717) is 5.56 Å². The highest BCUT2D eigenvalue weighted by Gasteiger charge is 2.30. The first-order valence-corrected chi connectivity index (χ1v) is 7.48. The highest BCUT2D eigenvalue weighted by atomic mass is 19.4. The number of rotatable bonds is 6. The lowest BCUT2D eigenvalue weighted by atomic mass is 10.1. The second-order valence-corrected chi connectivity index (χ2v) is 5.19. The number of alkyl halides is 5. The molecule has 0 bridgehead atoms. The van der Waals surface area contributed by atoms with E-state index < -0.39 is 24.3 Å². The lowest BCUT2D eigenvalue weighted by Crippen LogP contribution is -2.10. The van der Waals surface area contributed by atoms with E-state index in [1.54, 1.807) is 0 Å². The van der Waals surface area contributed by atoms with Crippen molar-refractivity contribution < 1.29 is 36.2 Å². The molecule has 2 rings (SSSR count). The molecule has 0 atom stereocenters. The standard InChI is InChI=1S/C18H14F5NO3/c1-26-15-9-11(5-7-14(15)27-17(19)20)6-8-16(25)24-13-4-2-3-12(10-13)18(21,22)23/h2-10,17H,1H3,(H,24,25)/b8-6+. The number of nitrogens with one attached hydrogen (secondary N) is 1. The van der Waals surface area contributed by atoms with Gasteiger partial charge in [-0.05, 0) is 42.0 Å². The Hall–Kier alpha value is -3.10. The summed E-state index contributed by atoms with van der Waals surface area (Å²) >= 11 is 0. The number of halogens is 5. The second kappa shape index (κ2) is 8.52. The van der Waals surface area contributed by atoms with Gasteiger partial charge in [-0.3, -0.25) is 4.79 Å². The van der Waals surface area contributed by atoms with Gasteiger partial charge in [-0.15, -0.1) is 0 Å². The lowest BCUT2D eigenvalue weighted by Gasteiger charge is -2.10. The monoisotopic (exact) mass is 387 g/mol. The summed E-state index contributed by atoms with van der Waals surface area (Å²) in [5, 5.41) is 2.31. The molecule has 0 heterocycles. The van der Waals surface area contributed by atoms with Crippen LogP contribution in [0.5, 0.6) is 11.5 Å². The summed E-state index contributed by atoms with van der Waals surface area (Å²) in [6.45, 7) is -3.02. The van der Waals surface area contributed by atoms with Gasteiger partial charge >= 0.3 is 12.8 Å². The molecule has 27 heavy (non-hydrogen) atoms. The maximum atomic E-state index is 12.7. The van der Waals surface area contributed by atoms with E-state index >= 15 is 0 Å². The largest absolute Gasteiger partial charge is 0.493 e. The number of ether oxygens (including phenoxy) is 2. The van der Waals surface area contributed by atoms with Crippen molar-refractivity contribution >= 4 is 17.7 Å². The number of methoxy groups -OCH3 is 1. The van der Waals surface area contributed by atoms with Crippen LogP contribution in [0.4, 0.5) is 27.6 Å². The van der Waals surface area contributed by atoms with Gasteiger partial charge in [0.2, 0.25) is 5.91 Å². The van der Waals surface area contributed by atoms with E-state index in [2.05, 4.69) is 10.1 Å². The molecule has 144 valence electrons. The molecule has 0 spiro atoms. The SMILES string of the molecule is COc1cc(/C=C/C(=O)Nc2cccc(C(F)(F)F)c2)ccc1OC(F)F. The quantitative estimate of drug-likeness (QED) is 0.563. The van der Waals surface area contributed by atoms with Gasteiger partial charge in [0, 0.05) is 11.8 Å². The Morgan fingerprint density at radius 1 is 1.11 bits per heavy atom. The summed E-state index contributed by atoms with van der Waals surface area (Å²) in [6.07, 6.45) is -2.09. The van der Waals surface area contributed by atoms with Gasteiger partial charge in [-0.25, -0.2) is 0 Å². The topological polar surface area (TPSA) is 47.6 Å². The van der Waals surface area contributed by atoms with Crippen molar-refractivity contribution in [2.75, 3.05) is 12.4 Å². The number of hydrogen-bond acceptors (Lipinski definition) is 3. The minimum absolute atomic E-state index is 0.0160. The van der Waals surface area contributed by atoms with Crippen LogP contribution in [-0.2, 0) is 11.0 Å². The average molecular weight is 387 g/mol. The zero-order valence-electron chi connectivity index (χ0n) is 13.9. The van der Waals surface area contributed by atoms with Gasteiger partial charge in [0.15, 0.2) is 11.5 Å². The third kappa shape index (κ3) is 5.98. The first-order chi connectivity index (χ1) is 12.7. The molecule has 9 heteroatoms. The summed E-state index contributed by atoms with van der Waals surface area (Å²) in [5.74, 6) is -0.796. The molecule has 0 aliphatic carbocycles. The summed E-state index contributed by atoms with van der Waals surface area (Å²) in [5.41, 5.74) is -0.464. The van der Waals surface area contributed by atoms with Gasteiger partial charge in [0.05, 0.1) is 12.7 Å². The molecule has 0 aliphatic rings. The van der Waals surface area contributed by atoms with Crippen molar-refractivity contribution in [3.8, 4) is 11.5 Å². The zero-order valence-corrected chi connectivity index (χ0v) is 13.9. The second-order valence-electron chi connectivity index (χ2n) is 5.19. The van der Waals surface area contributed by atoms with Crippen LogP contribution in [0.25, 0.3) is 6.08 Å². The van der Waals surface area contributed by atoms with E-state index in [-0.39, 0.29) is 17.2 Å². The van der Waals surface area contributed by atoms with E-state index in [1.807, 2.05) is 0 Å². The Morgan fingerprint density at radius 3 is 2.48 bits per heavy atom. The van der Waals surface area contributed by atoms with Crippen LogP contribution in [0, 0.1) is 0 Å². The Balaban J connectivity index is 2.08. The summed E-state index contributed by atoms with van der Waals surface area (Å²) in [4.78, 5) is 11.9. The molecule has 1 N–H and O–H groups in total. The fraction of sp³-hybridized carbons (Fsp3) is 0.167. The lowest BCUT2D eigenvalue weighted by molar-refractivity contribution is -0.137. The van der Waals surface area contributed by atoms with Crippen molar-refractivity contribution in [3.05, 3.63) is 59.7 Å². The van der Waals surface area contributed by atoms with Crippen molar-refractivity contribution in [1.82, 2.24) is 0 Å². The molecular weight excluding hydrogens is 373 g/mol. The van der Waals surface area contributed by atoms with Gasteiger partial charge in [0.25, 0.3) is 0 Å². The smallest absolute Gasteiger partial charge is 0.416 e. The molecule has 2 aromatic carbocycles. The highest BCUT2D eigenvalue weighted by Crippen LogP contribution is 2.31. The van der Waals surface area contributed by atoms with Crippen molar-refractivity contribution in [2.45, 2.75) is 12.8 Å². The fourth-order valence-electron chi connectivity index (χ4n) is 2.11. The van der Waals surface area contributed by atoms with Crippen LogP contribution in [0.3, 0.4) is 0 Å². The number of benzene rings is 2. The predicted octanol–water partition coefficient (Wildman–Crippen LogP) is 4.97. The molecule has 0 saturated carbocycles. The normalized spacial score (nSPS) is 11.7. The molecular formula is C18H14F5NO3. The van der Waals surface area contributed by atoms with Crippen LogP contribution >= 0.6 is 0 Å². The Kier molecular flexibility index (Phi) is 6.38. The van der Waals surface area contributed by atoms with Crippen molar-refractivity contribution in [2.24, 2.45) is 0 Å². The molecule has 1 amide bonds. The Labute approximate surface area is 151 Å². The van der Waals surface area contributed by atoms with Crippen LogP contribution in [0.15, 0.2) is 48.5 Å². The molecule has 0 unspecified atom stereocenters. The van der Waals surface area contributed by atoms with Gasteiger partial charge < -0.3 is 14.8 Å². The number of carbonyl (C=O) groups is 1. The first kappa shape index (κ1) is 20.2. The summed E-state index contributed by atoms with van der Waals surface area (Å²) in [6, 6.07) is 8.22. The summed E-state index contributed by atoms with van der Waals surface area (Å²) < 4.78 is 71.8. The maximum Gasteiger partial charge on any atom is 0.416 e. The molecule has 2 aromatic rings. The van der Waals surface area contributed by atoms with Gasteiger partial charge in [0.1, 0.15) is 0 Å². The predicted molar refractivity (Wildman–Crippen MR) is 88.7 cm³/mol. The van der Waals surface area contributed by atoms with Crippen LogP contribution in [0.2, 0.25) is 0 Å². The molecule has 0 aromatic heterocycles. The maximum absolute atomic E-state index is 12.7. The number of anilines is 1. The third-order valence-corrected chi connectivity index (χ3v) is 3.29.